The van der Waals surface area contributed by atoms with Gasteiger partial charge in [0, 0.05) is 5.56 Å². The Labute approximate surface area is 117 Å². The molecule has 0 atom stereocenters. The molecule has 5 heteroatoms. The van der Waals surface area contributed by atoms with Crippen molar-refractivity contribution in [1.29, 1.82) is 5.26 Å². The number of nitriles is 1. The number of nitrogens with zero attached hydrogens (tertiary/aromatic N) is 1. The van der Waals surface area contributed by atoms with Gasteiger partial charge in [0.1, 0.15) is 18.8 Å². The molecule has 0 spiro atoms. The lowest BCUT2D eigenvalue weighted by Gasteiger charge is -2.03. The average molecular weight is 273 g/mol. The van der Waals surface area contributed by atoms with E-state index in [0.29, 0.717) is 5.75 Å². The number of rotatable bonds is 7. The highest BCUT2D eigenvalue weighted by molar-refractivity contribution is 6.04. The number of carbonyl (C=O) groups is 2. The van der Waals surface area contributed by atoms with Gasteiger partial charge < -0.3 is 9.47 Å². The fourth-order valence-electron chi connectivity index (χ4n) is 1.45. The van der Waals surface area contributed by atoms with Crippen LogP contribution >= 0.6 is 0 Å². The Bertz CT molecular complexity index is 543. The van der Waals surface area contributed by atoms with Crippen LogP contribution in [0.4, 0.5) is 0 Å². The van der Waals surface area contributed by atoms with Crippen LogP contribution in [0.5, 0.6) is 5.75 Å². The van der Waals surface area contributed by atoms with Gasteiger partial charge in [-0.2, -0.15) is 5.26 Å². The Balaban J connectivity index is 2.51. The molecule has 0 bridgehead atoms. The van der Waals surface area contributed by atoms with Crippen LogP contribution in [-0.2, 0) is 14.3 Å². The molecule has 20 heavy (non-hydrogen) atoms. The molecule has 1 aromatic carbocycles. The maximum atomic E-state index is 11.6. The van der Waals surface area contributed by atoms with Crippen molar-refractivity contribution in [2.75, 3.05) is 13.7 Å². The average Bonchev–Trinajstić information content (AvgIpc) is 2.45. The van der Waals surface area contributed by atoms with Crippen molar-refractivity contribution in [3.63, 3.8) is 0 Å². The Morgan fingerprint density at radius 3 is 2.80 bits per heavy atom. The van der Waals surface area contributed by atoms with Crippen molar-refractivity contribution in [1.82, 2.24) is 0 Å². The van der Waals surface area contributed by atoms with E-state index in [9.17, 15) is 9.59 Å². The molecule has 1 aromatic rings. The third-order valence-corrected chi connectivity index (χ3v) is 2.38. The maximum absolute atomic E-state index is 11.6. The predicted octanol–water partition coefficient (Wildman–Crippen LogP) is 2.12. The van der Waals surface area contributed by atoms with E-state index in [1.165, 1.54) is 6.08 Å². The summed E-state index contributed by atoms with van der Waals surface area (Å²) in [5.74, 6) is -0.346. The molecule has 0 heterocycles. The highest BCUT2D eigenvalue weighted by atomic mass is 16.5. The summed E-state index contributed by atoms with van der Waals surface area (Å²) in [4.78, 5) is 22.8. The van der Waals surface area contributed by atoms with Crippen LogP contribution in [0.2, 0.25) is 0 Å². The summed E-state index contributed by atoms with van der Waals surface area (Å²) in [5, 5.41) is 8.29. The number of carbonyl (C=O) groups excluding carboxylic acids is 2. The van der Waals surface area contributed by atoms with Gasteiger partial charge in [-0.25, -0.2) is 0 Å². The molecule has 0 saturated carbocycles. The molecule has 0 radical (unpaired) electrons. The Morgan fingerprint density at radius 2 is 2.10 bits per heavy atom. The molecular formula is C15H15NO4. The lowest BCUT2D eigenvalue weighted by Crippen LogP contribution is -2.10. The van der Waals surface area contributed by atoms with E-state index in [1.54, 1.807) is 25.3 Å². The first kappa shape index (κ1) is 15.4. The first-order valence-corrected chi connectivity index (χ1v) is 6.04. The zero-order chi connectivity index (χ0) is 14.8. The van der Waals surface area contributed by atoms with E-state index in [4.69, 9.17) is 14.7 Å². The topological polar surface area (TPSA) is 76.4 Å². The number of benzene rings is 1. The minimum atomic E-state index is -0.630. The first-order valence-electron chi connectivity index (χ1n) is 6.04. The van der Waals surface area contributed by atoms with Crippen LogP contribution < -0.4 is 4.74 Å². The predicted molar refractivity (Wildman–Crippen MR) is 72.8 cm³/mol. The van der Waals surface area contributed by atoms with Crippen molar-refractivity contribution in [2.24, 2.45) is 0 Å². The van der Waals surface area contributed by atoms with Gasteiger partial charge in [-0.05, 0) is 18.2 Å². The number of para-hydroxylation sites is 1. The van der Waals surface area contributed by atoms with Gasteiger partial charge in [-0.1, -0.05) is 18.2 Å². The van der Waals surface area contributed by atoms with E-state index in [-0.39, 0.29) is 25.2 Å². The molecule has 0 saturated heterocycles. The molecule has 0 aliphatic rings. The highest BCUT2D eigenvalue weighted by Gasteiger charge is 2.08. The Morgan fingerprint density at radius 1 is 1.35 bits per heavy atom. The lowest BCUT2D eigenvalue weighted by atomic mass is 10.1. The van der Waals surface area contributed by atoms with Gasteiger partial charge in [0.2, 0.25) is 0 Å². The van der Waals surface area contributed by atoms with E-state index < -0.39 is 5.97 Å². The van der Waals surface area contributed by atoms with Gasteiger partial charge in [0.15, 0.2) is 5.78 Å². The molecular weight excluding hydrogens is 258 g/mol. The van der Waals surface area contributed by atoms with Gasteiger partial charge in [0.05, 0.1) is 19.6 Å². The van der Waals surface area contributed by atoms with E-state index in [2.05, 4.69) is 0 Å². The largest absolute Gasteiger partial charge is 0.496 e. The molecule has 0 aliphatic carbocycles. The van der Waals surface area contributed by atoms with E-state index in [0.717, 1.165) is 5.56 Å². The van der Waals surface area contributed by atoms with Crippen LogP contribution in [0.15, 0.2) is 30.3 Å². The molecule has 0 aromatic heterocycles. The fraction of sp³-hybridized carbons (Fsp3) is 0.267. The number of esters is 1. The molecule has 104 valence electrons. The Kier molecular flexibility index (Phi) is 6.55. The number of ether oxygens (including phenoxy) is 2. The van der Waals surface area contributed by atoms with Gasteiger partial charge in [0.25, 0.3) is 0 Å². The third kappa shape index (κ3) is 5.36. The fourth-order valence-corrected chi connectivity index (χ4v) is 1.45. The number of methoxy groups -OCH3 is 1. The van der Waals surface area contributed by atoms with Crippen LogP contribution in [0.3, 0.4) is 0 Å². The number of hydrogen-bond donors (Lipinski definition) is 0. The van der Waals surface area contributed by atoms with Crippen molar-refractivity contribution < 1.29 is 19.1 Å². The smallest absolute Gasteiger partial charge is 0.313 e. The van der Waals surface area contributed by atoms with E-state index in [1.807, 2.05) is 18.2 Å². The summed E-state index contributed by atoms with van der Waals surface area (Å²) in [7, 11) is 1.54. The lowest BCUT2D eigenvalue weighted by molar-refractivity contribution is -0.145. The summed E-state index contributed by atoms with van der Waals surface area (Å²) in [6.45, 7) is 0.0127. The first-order chi connectivity index (χ1) is 9.67. The minimum Gasteiger partial charge on any atom is -0.496 e. The van der Waals surface area contributed by atoms with Crippen LogP contribution in [0.1, 0.15) is 18.4 Å². The van der Waals surface area contributed by atoms with Crippen molar-refractivity contribution >= 4 is 17.8 Å². The van der Waals surface area contributed by atoms with Crippen molar-refractivity contribution in [3.8, 4) is 11.8 Å². The van der Waals surface area contributed by atoms with Crippen LogP contribution in [0, 0.1) is 11.3 Å². The Hall–Kier alpha value is -2.61. The number of hydrogen-bond acceptors (Lipinski definition) is 5. The quantitative estimate of drug-likeness (QED) is 0.329. The van der Waals surface area contributed by atoms with Crippen LogP contribution in [-0.4, -0.2) is 25.5 Å². The van der Waals surface area contributed by atoms with Crippen molar-refractivity contribution in [3.05, 3.63) is 35.9 Å². The van der Waals surface area contributed by atoms with Crippen LogP contribution in [0.25, 0.3) is 6.08 Å². The second-order valence-electron chi connectivity index (χ2n) is 3.85. The third-order valence-electron chi connectivity index (χ3n) is 2.38. The maximum Gasteiger partial charge on any atom is 0.313 e. The molecule has 0 fully saturated rings. The highest BCUT2D eigenvalue weighted by Crippen LogP contribution is 2.18. The summed E-state index contributed by atoms with van der Waals surface area (Å²) in [6, 6.07) is 9.07. The number of allylic oxidation sites excluding steroid dienone is 1. The van der Waals surface area contributed by atoms with Crippen molar-refractivity contribution in [2.45, 2.75) is 12.8 Å². The molecule has 1 rings (SSSR count). The molecule has 0 amide bonds. The normalized spacial score (nSPS) is 10.0. The summed E-state index contributed by atoms with van der Waals surface area (Å²) in [6.07, 6.45) is 2.68. The molecule has 0 unspecified atom stereocenters. The zero-order valence-electron chi connectivity index (χ0n) is 11.2. The molecule has 5 nitrogen and oxygen atoms in total. The number of ketones is 1. The molecule has 0 N–H and O–H groups in total. The second kappa shape index (κ2) is 8.48. The second-order valence-corrected chi connectivity index (χ2v) is 3.85. The standard InChI is InChI=1S/C15H15NO4/c1-19-14-6-3-2-5-12(14)7-8-13(17)11-15(18)20-10-4-9-16/h2-3,5-8H,4,10-11H2,1H3. The summed E-state index contributed by atoms with van der Waals surface area (Å²) < 4.78 is 9.85. The zero-order valence-corrected chi connectivity index (χ0v) is 11.2. The monoisotopic (exact) mass is 273 g/mol. The minimum absolute atomic E-state index is 0.0127. The van der Waals surface area contributed by atoms with Gasteiger partial charge in [-0.15, -0.1) is 0 Å². The van der Waals surface area contributed by atoms with E-state index >= 15 is 0 Å². The molecule has 0 aliphatic heterocycles. The summed E-state index contributed by atoms with van der Waals surface area (Å²) in [5.41, 5.74) is 0.751. The summed E-state index contributed by atoms with van der Waals surface area (Å²) >= 11 is 0. The SMILES string of the molecule is COc1ccccc1C=CC(=O)CC(=O)OCCC#N. The van der Waals surface area contributed by atoms with Gasteiger partial charge in [-0.3, -0.25) is 9.59 Å². The van der Waals surface area contributed by atoms with Gasteiger partial charge >= 0.3 is 5.97 Å².